The predicted molar refractivity (Wildman–Crippen MR) is 133 cm³/mol. The van der Waals surface area contributed by atoms with Crippen molar-refractivity contribution in [1.82, 2.24) is 9.47 Å². The highest BCUT2D eigenvalue weighted by Gasteiger charge is 2.32. The SMILES string of the molecule is O=C(O)c1cn(C2CC2)c2cc(N3CCN(C(=O)c4cc([N+](=O)[O-])cc([N+](=O)[O-])c4O)CC3)c(F)cc2c1=O. The van der Waals surface area contributed by atoms with Crippen LogP contribution in [0.5, 0.6) is 5.75 Å². The highest BCUT2D eigenvalue weighted by Crippen LogP contribution is 2.39. The van der Waals surface area contributed by atoms with Crippen molar-refractivity contribution in [2.75, 3.05) is 31.1 Å². The molecule has 1 aliphatic carbocycles. The van der Waals surface area contributed by atoms with E-state index in [1.54, 1.807) is 9.47 Å². The fourth-order valence-electron chi connectivity index (χ4n) is 4.74. The molecule has 5 rings (SSSR count). The maximum Gasteiger partial charge on any atom is 0.341 e. The van der Waals surface area contributed by atoms with Gasteiger partial charge in [0.1, 0.15) is 11.4 Å². The van der Waals surface area contributed by atoms with Gasteiger partial charge in [-0.2, -0.15) is 0 Å². The second-order valence-corrected chi connectivity index (χ2v) is 9.29. The number of phenols is 1. The van der Waals surface area contributed by atoms with E-state index in [-0.39, 0.29) is 43.3 Å². The molecule has 3 aromatic rings. The van der Waals surface area contributed by atoms with Gasteiger partial charge in [0, 0.05) is 49.9 Å². The Labute approximate surface area is 217 Å². The smallest absolute Gasteiger partial charge is 0.341 e. The van der Waals surface area contributed by atoms with Gasteiger partial charge in [0.15, 0.2) is 0 Å². The lowest BCUT2D eigenvalue weighted by Gasteiger charge is -2.36. The number of aromatic carboxylic acids is 1. The Balaban J connectivity index is 1.43. The van der Waals surface area contributed by atoms with E-state index in [4.69, 9.17) is 0 Å². The number of rotatable bonds is 6. The zero-order valence-corrected chi connectivity index (χ0v) is 20.1. The number of aromatic hydroxyl groups is 1. The van der Waals surface area contributed by atoms with Gasteiger partial charge in [-0.3, -0.25) is 29.8 Å². The van der Waals surface area contributed by atoms with Gasteiger partial charge in [0.2, 0.25) is 11.2 Å². The lowest BCUT2D eigenvalue weighted by Crippen LogP contribution is -2.49. The van der Waals surface area contributed by atoms with Crippen LogP contribution in [0.4, 0.5) is 21.5 Å². The van der Waals surface area contributed by atoms with Gasteiger partial charge < -0.3 is 24.6 Å². The number of carbonyl (C=O) groups excluding carboxylic acids is 1. The first kappa shape index (κ1) is 25.6. The third-order valence-corrected chi connectivity index (χ3v) is 6.89. The Morgan fingerprint density at radius 2 is 1.64 bits per heavy atom. The predicted octanol–water partition coefficient (Wildman–Crippen LogP) is 2.66. The highest BCUT2D eigenvalue weighted by atomic mass is 19.1. The Kier molecular flexibility index (Phi) is 6.12. The number of amides is 1. The van der Waals surface area contributed by atoms with E-state index < -0.39 is 61.2 Å². The molecule has 1 amide bonds. The molecule has 1 saturated heterocycles. The number of nitro groups is 2. The van der Waals surface area contributed by atoms with Crippen molar-refractivity contribution in [1.29, 1.82) is 0 Å². The number of halogens is 1. The summed E-state index contributed by atoms with van der Waals surface area (Å²) in [5.41, 5.74) is -3.01. The summed E-state index contributed by atoms with van der Waals surface area (Å²) in [7, 11) is 0. The van der Waals surface area contributed by atoms with Crippen LogP contribution in [-0.4, -0.2) is 67.6 Å². The molecule has 0 bridgehead atoms. The minimum Gasteiger partial charge on any atom is -0.502 e. The Bertz CT molecular complexity index is 1640. The van der Waals surface area contributed by atoms with Crippen molar-refractivity contribution in [2.45, 2.75) is 18.9 Å². The maximum atomic E-state index is 15.2. The van der Waals surface area contributed by atoms with Gasteiger partial charge in [-0.15, -0.1) is 0 Å². The molecule has 0 atom stereocenters. The van der Waals surface area contributed by atoms with E-state index in [1.165, 1.54) is 17.2 Å². The highest BCUT2D eigenvalue weighted by molar-refractivity contribution is 5.99. The van der Waals surface area contributed by atoms with E-state index >= 15 is 4.39 Å². The molecule has 1 aromatic heterocycles. The number of non-ortho nitro benzene ring substituents is 1. The summed E-state index contributed by atoms with van der Waals surface area (Å²) < 4.78 is 16.9. The molecule has 1 saturated carbocycles. The van der Waals surface area contributed by atoms with Gasteiger partial charge in [-0.1, -0.05) is 0 Å². The number of fused-ring (bicyclic) bond motifs is 1. The van der Waals surface area contributed by atoms with Crippen molar-refractivity contribution in [3.05, 3.63) is 77.9 Å². The molecule has 14 nitrogen and oxygen atoms in total. The minimum absolute atomic E-state index is 0.000374. The molecule has 39 heavy (non-hydrogen) atoms. The van der Waals surface area contributed by atoms with Gasteiger partial charge in [0.05, 0.1) is 32.7 Å². The number of anilines is 1. The standard InChI is InChI=1S/C24H20FN5O9/c25-17-9-14-18(28(12-1-2-12)11-16(21(14)31)24(34)35)10-19(17)26-3-5-27(6-4-26)23(33)15-7-13(29(36)37)8-20(22(15)32)30(38)39/h7-12,32H,1-6H2,(H,34,35). The number of carbonyl (C=O) groups is 2. The fourth-order valence-corrected chi connectivity index (χ4v) is 4.74. The molecule has 1 aliphatic heterocycles. The van der Waals surface area contributed by atoms with Crippen LogP contribution >= 0.6 is 0 Å². The summed E-state index contributed by atoms with van der Waals surface area (Å²) in [5, 5.41) is 42.0. The zero-order chi connectivity index (χ0) is 28.2. The van der Waals surface area contributed by atoms with Crippen molar-refractivity contribution >= 4 is 39.8 Å². The molecule has 2 aliphatic rings. The molecule has 2 aromatic carbocycles. The van der Waals surface area contributed by atoms with Crippen molar-refractivity contribution < 1.29 is 34.0 Å². The molecule has 0 unspecified atom stereocenters. The van der Waals surface area contributed by atoms with Crippen LogP contribution < -0.4 is 10.3 Å². The van der Waals surface area contributed by atoms with Crippen LogP contribution in [0.3, 0.4) is 0 Å². The first-order valence-electron chi connectivity index (χ1n) is 11.8. The van der Waals surface area contributed by atoms with E-state index in [0.717, 1.165) is 25.0 Å². The van der Waals surface area contributed by atoms with Crippen LogP contribution in [0, 0.1) is 26.0 Å². The monoisotopic (exact) mass is 541 g/mol. The number of hydrogen-bond acceptors (Lipinski definition) is 9. The number of carboxylic acid groups (broad SMARTS) is 1. The summed E-state index contributed by atoms with van der Waals surface area (Å²) >= 11 is 0. The van der Waals surface area contributed by atoms with Crippen LogP contribution in [0.15, 0.2) is 35.3 Å². The minimum atomic E-state index is -1.40. The van der Waals surface area contributed by atoms with Crippen LogP contribution in [0.1, 0.15) is 39.6 Å². The third-order valence-electron chi connectivity index (χ3n) is 6.89. The van der Waals surface area contributed by atoms with Gasteiger partial charge in [-0.05, 0) is 25.0 Å². The number of aromatic nitrogens is 1. The van der Waals surface area contributed by atoms with Crippen molar-refractivity contribution in [3.8, 4) is 5.75 Å². The largest absolute Gasteiger partial charge is 0.502 e. The molecule has 2 fully saturated rings. The summed E-state index contributed by atoms with van der Waals surface area (Å²) in [5.74, 6) is -4.00. The van der Waals surface area contributed by atoms with E-state index in [2.05, 4.69) is 0 Å². The van der Waals surface area contributed by atoms with Crippen LogP contribution in [-0.2, 0) is 0 Å². The van der Waals surface area contributed by atoms with Gasteiger partial charge in [-0.25, -0.2) is 9.18 Å². The normalized spacial score (nSPS) is 15.4. The lowest BCUT2D eigenvalue weighted by molar-refractivity contribution is -0.394. The number of carboxylic acids is 1. The molecule has 0 spiro atoms. The summed E-state index contributed by atoms with van der Waals surface area (Å²) in [4.78, 5) is 60.6. The number of pyridine rings is 1. The molecule has 15 heteroatoms. The van der Waals surface area contributed by atoms with E-state index in [1.807, 2.05) is 0 Å². The van der Waals surface area contributed by atoms with Crippen LogP contribution in [0.2, 0.25) is 0 Å². The summed E-state index contributed by atoms with van der Waals surface area (Å²) in [6, 6.07) is 3.81. The second-order valence-electron chi connectivity index (χ2n) is 9.29. The summed E-state index contributed by atoms with van der Waals surface area (Å²) in [6.07, 6.45) is 2.84. The average molecular weight is 541 g/mol. The second kappa shape index (κ2) is 9.34. The van der Waals surface area contributed by atoms with E-state index in [0.29, 0.717) is 11.6 Å². The van der Waals surface area contributed by atoms with Crippen molar-refractivity contribution in [3.63, 3.8) is 0 Å². The Morgan fingerprint density at radius 3 is 2.21 bits per heavy atom. The van der Waals surface area contributed by atoms with Crippen LogP contribution in [0.25, 0.3) is 10.9 Å². The number of phenolic OH excluding ortho intramolecular Hbond substituents is 1. The maximum absolute atomic E-state index is 15.2. The molecular weight excluding hydrogens is 521 g/mol. The lowest BCUT2D eigenvalue weighted by atomic mass is 10.1. The first-order chi connectivity index (χ1) is 18.5. The summed E-state index contributed by atoms with van der Waals surface area (Å²) in [6.45, 7) is 0.207. The fraction of sp³-hybridized carbons (Fsp3) is 0.292. The number of nitro benzene ring substituents is 2. The van der Waals surface area contributed by atoms with Gasteiger partial charge >= 0.3 is 11.7 Å². The first-order valence-corrected chi connectivity index (χ1v) is 11.8. The van der Waals surface area contributed by atoms with Gasteiger partial charge in [0.25, 0.3) is 11.6 Å². The topological polar surface area (TPSA) is 189 Å². The molecular formula is C24H20FN5O9. The number of hydrogen-bond donors (Lipinski definition) is 2. The zero-order valence-electron chi connectivity index (χ0n) is 20.1. The molecule has 2 N–H and O–H groups in total. The third kappa shape index (κ3) is 4.47. The molecule has 0 radical (unpaired) electrons. The van der Waals surface area contributed by atoms with Crippen molar-refractivity contribution in [2.24, 2.45) is 0 Å². The quantitative estimate of drug-likeness (QED) is 0.347. The number of benzene rings is 2. The average Bonchev–Trinajstić information content (AvgIpc) is 3.74. The molecule has 202 valence electrons. The number of nitrogens with zero attached hydrogens (tertiary/aromatic N) is 5. The Hall–Kier alpha value is -5.08. The Morgan fingerprint density at radius 1 is 0.974 bits per heavy atom. The number of piperazine rings is 1. The molecule has 2 heterocycles. The van der Waals surface area contributed by atoms with E-state index in [9.17, 15) is 44.8 Å².